The summed E-state index contributed by atoms with van der Waals surface area (Å²) < 4.78 is 5.39. The Kier molecular flexibility index (Phi) is 6.23. The number of benzene rings is 1. The van der Waals surface area contributed by atoms with Crippen LogP contribution in [0.1, 0.15) is 10.4 Å². The Morgan fingerprint density at radius 2 is 2.00 bits per heavy atom. The number of carbonyl (C=O) groups is 1. The molecular weight excluding hydrogens is 322 g/mol. The second-order valence-corrected chi connectivity index (χ2v) is 6.79. The maximum atomic E-state index is 12.1. The standard InChI is InChI=1S/C18H23N3O2S/c22-18(19-8-7-16-5-3-13-24-16)20-17-6-2-1-4-15(17)14-21-9-11-23-12-10-21/h1-6,13H,7-12,14H2,(H2,19,20,22). The first-order valence-corrected chi connectivity index (χ1v) is 9.14. The van der Waals surface area contributed by atoms with E-state index in [4.69, 9.17) is 4.74 Å². The highest BCUT2D eigenvalue weighted by Gasteiger charge is 2.13. The molecule has 0 bridgehead atoms. The summed E-state index contributed by atoms with van der Waals surface area (Å²) in [4.78, 5) is 15.8. The van der Waals surface area contributed by atoms with Crippen molar-refractivity contribution in [1.82, 2.24) is 10.2 Å². The highest BCUT2D eigenvalue weighted by atomic mass is 32.1. The normalized spacial score (nSPS) is 15.2. The van der Waals surface area contributed by atoms with Gasteiger partial charge in [-0.15, -0.1) is 11.3 Å². The Morgan fingerprint density at radius 1 is 1.17 bits per heavy atom. The molecular formula is C18H23N3O2S. The largest absolute Gasteiger partial charge is 0.379 e. The molecule has 2 aromatic rings. The van der Waals surface area contributed by atoms with Crippen LogP contribution in [-0.2, 0) is 17.7 Å². The van der Waals surface area contributed by atoms with E-state index in [-0.39, 0.29) is 6.03 Å². The Labute approximate surface area is 146 Å². The SMILES string of the molecule is O=C(NCCc1cccs1)Nc1ccccc1CN1CCOCC1. The molecule has 2 heterocycles. The summed E-state index contributed by atoms with van der Waals surface area (Å²) in [6.45, 7) is 4.88. The van der Waals surface area contributed by atoms with Gasteiger partial charge in [0.15, 0.2) is 0 Å². The average molecular weight is 345 g/mol. The lowest BCUT2D eigenvalue weighted by Crippen LogP contribution is -2.36. The molecule has 1 aliphatic rings. The highest BCUT2D eigenvalue weighted by molar-refractivity contribution is 7.09. The molecule has 2 amide bonds. The lowest BCUT2D eigenvalue weighted by molar-refractivity contribution is 0.0343. The van der Waals surface area contributed by atoms with E-state index in [9.17, 15) is 4.79 Å². The number of hydrogen-bond donors (Lipinski definition) is 2. The summed E-state index contributed by atoms with van der Waals surface area (Å²) in [5, 5.41) is 7.95. The van der Waals surface area contributed by atoms with E-state index in [2.05, 4.69) is 33.0 Å². The maximum absolute atomic E-state index is 12.1. The van der Waals surface area contributed by atoms with E-state index in [1.807, 2.05) is 24.3 Å². The number of nitrogens with zero attached hydrogens (tertiary/aromatic N) is 1. The molecule has 24 heavy (non-hydrogen) atoms. The first-order valence-electron chi connectivity index (χ1n) is 8.26. The third kappa shape index (κ3) is 5.06. The minimum absolute atomic E-state index is 0.152. The zero-order valence-corrected chi connectivity index (χ0v) is 14.5. The molecule has 0 unspecified atom stereocenters. The second kappa shape index (κ2) is 8.82. The van der Waals surface area contributed by atoms with Gasteiger partial charge in [-0.2, -0.15) is 0 Å². The highest BCUT2D eigenvalue weighted by Crippen LogP contribution is 2.18. The van der Waals surface area contributed by atoms with Gasteiger partial charge in [-0.25, -0.2) is 4.79 Å². The molecule has 0 aliphatic carbocycles. The molecule has 5 nitrogen and oxygen atoms in total. The van der Waals surface area contributed by atoms with E-state index in [0.29, 0.717) is 6.54 Å². The predicted molar refractivity (Wildman–Crippen MR) is 97.6 cm³/mol. The number of carbonyl (C=O) groups excluding carboxylic acids is 1. The summed E-state index contributed by atoms with van der Waals surface area (Å²) in [6.07, 6.45) is 0.862. The van der Waals surface area contributed by atoms with E-state index in [1.54, 1.807) is 11.3 Å². The van der Waals surface area contributed by atoms with Crippen molar-refractivity contribution < 1.29 is 9.53 Å². The Morgan fingerprint density at radius 3 is 2.79 bits per heavy atom. The molecule has 1 aliphatic heterocycles. The summed E-state index contributed by atoms with van der Waals surface area (Å²) >= 11 is 1.71. The first kappa shape index (κ1) is 17.0. The molecule has 0 atom stereocenters. The number of hydrogen-bond acceptors (Lipinski definition) is 4. The van der Waals surface area contributed by atoms with Crippen molar-refractivity contribution in [3.05, 3.63) is 52.2 Å². The van der Waals surface area contributed by atoms with Gasteiger partial charge < -0.3 is 15.4 Å². The average Bonchev–Trinajstić information content (AvgIpc) is 3.11. The van der Waals surface area contributed by atoms with Gasteiger partial charge in [-0.05, 0) is 29.5 Å². The fourth-order valence-electron chi connectivity index (χ4n) is 2.70. The molecule has 128 valence electrons. The number of nitrogens with one attached hydrogen (secondary N) is 2. The van der Waals surface area contributed by atoms with Crippen LogP contribution in [0.2, 0.25) is 0 Å². The summed E-state index contributed by atoms with van der Waals surface area (Å²) in [7, 11) is 0. The van der Waals surface area contributed by atoms with Crippen molar-refractivity contribution in [2.45, 2.75) is 13.0 Å². The quantitative estimate of drug-likeness (QED) is 0.846. The van der Waals surface area contributed by atoms with Crippen molar-refractivity contribution in [3.63, 3.8) is 0 Å². The second-order valence-electron chi connectivity index (χ2n) is 5.76. The molecule has 1 saturated heterocycles. The monoisotopic (exact) mass is 345 g/mol. The molecule has 0 saturated carbocycles. The smallest absolute Gasteiger partial charge is 0.319 e. The molecule has 1 aromatic carbocycles. The number of morpholine rings is 1. The molecule has 1 aromatic heterocycles. The molecule has 0 radical (unpaired) electrons. The number of ether oxygens (including phenoxy) is 1. The van der Waals surface area contributed by atoms with Crippen LogP contribution < -0.4 is 10.6 Å². The fourth-order valence-corrected chi connectivity index (χ4v) is 3.41. The van der Waals surface area contributed by atoms with E-state index in [1.165, 1.54) is 4.88 Å². The van der Waals surface area contributed by atoms with Crippen LogP contribution in [0.15, 0.2) is 41.8 Å². The van der Waals surface area contributed by atoms with Crippen molar-refractivity contribution in [2.24, 2.45) is 0 Å². The van der Waals surface area contributed by atoms with Crippen LogP contribution in [0.3, 0.4) is 0 Å². The van der Waals surface area contributed by atoms with Crippen molar-refractivity contribution in [1.29, 1.82) is 0 Å². The molecule has 6 heteroatoms. The third-order valence-electron chi connectivity index (χ3n) is 4.00. The van der Waals surface area contributed by atoms with Gasteiger partial charge in [0.25, 0.3) is 0 Å². The van der Waals surface area contributed by atoms with Crippen LogP contribution in [-0.4, -0.2) is 43.8 Å². The van der Waals surface area contributed by atoms with Crippen LogP contribution in [0, 0.1) is 0 Å². The van der Waals surface area contributed by atoms with Crippen LogP contribution in [0.5, 0.6) is 0 Å². The zero-order chi connectivity index (χ0) is 16.6. The molecule has 0 spiro atoms. The summed E-state index contributed by atoms with van der Waals surface area (Å²) in [5.41, 5.74) is 2.01. The van der Waals surface area contributed by atoms with Gasteiger partial charge in [0.1, 0.15) is 0 Å². The Balaban J connectivity index is 1.51. The Hall–Kier alpha value is -1.89. The lowest BCUT2D eigenvalue weighted by atomic mass is 10.1. The van der Waals surface area contributed by atoms with Gasteiger partial charge in [0, 0.05) is 36.7 Å². The predicted octanol–water partition coefficient (Wildman–Crippen LogP) is 2.94. The molecule has 1 fully saturated rings. The van der Waals surface area contributed by atoms with Gasteiger partial charge in [-0.3, -0.25) is 4.90 Å². The minimum atomic E-state index is -0.152. The molecule has 3 rings (SSSR count). The van der Waals surface area contributed by atoms with E-state index in [0.717, 1.165) is 50.5 Å². The number of rotatable bonds is 6. The summed E-state index contributed by atoms with van der Waals surface area (Å²) in [6, 6.07) is 11.9. The third-order valence-corrected chi connectivity index (χ3v) is 4.94. The zero-order valence-electron chi connectivity index (χ0n) is 13.7. The number of anilines is 1. The Bertz CT molecular complexity index is 639. The molecule has 2 N–H and O–H groups in total. The topological polar surface area (TPSA) is 53.6 Å². The van der Waals surface area contributed by atoms with Crippen molar-refractivity contribution >= 4 is 23.1 Å². The number of thiophene rings is 1. The van der Waals surface area contributed by atoms with Gasteiger partial charge >= 0.3 is 6.03 Å². The maximum Gasteiger partial charge on any atom is 0.319 e. The van der Waals surface area contributed by atoms with Crippen molar-refractivity contribution in [3.8, 4) is 0 Å². The van der Waals surface area contributed by atoms with Gasteiger partial charge in [-0.1, -0.05) is 24.3 Å². The number of amides is 2. The summed E-state index contributed by atoms with van der Waals surface area (Å²) in [5.74, 6) is 0. The van der Waals surface area contributed by atoms with Gasteiger partial charge in [0.05, 0.1) is 13.2 Å². The number of para-hydroxylation sites is 1. The van der Waals surface area contributed by atoms with Gasteiger partial charge in [0.2, 0.25) is 0 Å². The lowest BCUT2D eigenvalue weighted by Gasteiger charge is -2.27. The van der Waals surface area contributed by atoms with E-state index < -0.39 is 0 Å². The fraction of sp³-hybridized carbons (Fsp3) is 0.389. The van der Waals surface area contributed by atoms with Crippen LogP contribution >= 0.6 is 11.3 Å². The first-order chi connectivity index (χ1) is 11.8. The van der Waals surface area contributed by atoms with Crippen LogP contribution in [0.4, 0.5) is 10.5 Å². The van der Waals surface area contributed by atoms with E-state index >= 15 is 0 Å². The number of urea groups is 1. The minimum Gasteiger partial charge on any atom is -0.379 e. The van der Waals surface area contributed by atoms with Crippen molar-refractivity contribution in [2.75, 3.05) is 38.2 Å². The van der Waals surface area contributed by atoms with Crippen LogP contribution in [0.25, 0.3) is 0 Å².